The Balaban J connectivity index is 1.99. The summed E-state index contributed by atoms with van der Waals surface area (Å²) in [5.74, 6) is 0. The first-order valence-electron chi connectivity index (χ1n) is 11.1. The molecule has 0 saturated heterocycles. The van der Waals surface area contributed by atoms with Crippen LogP contribution in [-0.4, -0.2) is 33.7 Å². The molecule has 4 heteroatoms. The summed E-state index contributed by atoms with van der Waals surface area (Å²) in [4.78, 5) is 0. The third-order valence-electron chi connectivity index (χ3n) is 7.79. The average molecular weight is 417 g/mol. The second-order valence-corrected chi connectivity index (χ2v) is 20.5. The highest BCUT2D eigenvalue weighted by Gasteiger charge is 2.48. The van der Waals surface area contributed by atoms with E-state index in [1.807, 2.05) is 0 Å². The predicted octanol–water partition coefficient (Wildman–Crippen LogP) is 6.00. The third-order valence-corrected chi connectivity index (χ3v) is 16.4. The lowest BCUT2D eigenvalue weighted by Gasteiger charge is -2.48. The molecular formula is C24H40O2Si2. The summed E-state index contributed by atoms with van der Waals surface area (Å²) in [7, 11) is -3.64. The van der Waals surface area contributed by atoms with Crippen LogP contribution in [0.1, 0.15) is 52.9 Å². The standard InChI is InChI=1S/C24H40O2Si2/c1-24(2,3)28(6,7)26-21-17-22(19-15-11-12-16-20(19)23(21)25)27(4,5)18-13-9-8-10-14-18/h8-10,13-14,21-23,25H,11-12,15-17H2,1-7H3/t21-,22+,23+/m0/s1. The summed E-state index contributed by atoms with van der Waals surface area (Å²) in [5.41, 5.74) is 3.50. The van der Waals surface area contributed by atoms with Crippen LogP contribution in [0.25, 0.3) is 0 Å². The molecule has 0 aromatic heterocycles. The van der Waals surface area contributed by atoms with Gasteiger partial charge in [0.05, 0.1) is 14.2 Å². The molecule has 0 saturated carbocycles. The van der Waals surface area contributed by atoms with Crippen molar-refractivity contribution in [1.82, 2.24) is 0 Å². The second kappa shape index (κ2) is 7.86. The molecule has 2 nitrogen and oxygen atoms in total. The third kappa shape index (κ3) is 4.11. The van der Waals surface area contributed by atoms with E-state index in [9.17, 15) is 5.11 Å². The Morgan fingerprint density at radius 2 is 1.50 bits per heavy atom. The van der Waals surface area contributed by atoms with Crippen molar-refractivity contribution in [2.24, 2.45) is 0 Å². The summed E-state index contributed by atoms with van der Waals surface area (Å²) in [5, 5.41) is 13.0. The lowest BCUT2D eigenvalue weighted by Crippen LogP contribution is -2.54. The van der Waals surface area contributed by atoms with E-state index >= 15 is 0 Å². The van der Waals surface area contributed by atoms with Crippen molar-refractivity contribution in [2.75, 3.05) is 0 Å². The molecule has 2 aliphatic rings. The van der Waals surface area contributed by atoms with Gasteiger partial charge in [0.15, 0.2) is 8.32 Å². The number of allylic oxidation sites excluding steroid dienone is 1. The van der Waals surface area contributed by atoms with Crippen molar-refractivity contribution in [1.29, 1.82) is 0 Å². The van der Waals surface area contributed by atoms with Gasteiger partial charge in [-0.25, -0.2) is 0 Å². The van der Waals surface area contributed by atoms with Crippen LogP contribution in [0.2, 0.25) is 36.8 Å². The number of rotatable bonds is 4. The van der Waals surface area contributed by atoms with Crippen LogP contribution in [0.15, 0.2) is 41.5 Å². The van der Waals surface area contributed by atoms with Gasteiger partial charge in [0.25, 0.3) is 0 Å². The van der Waals surface area contributed by atoms with Gasteiger partial charge in [-0.3, -0.25) is 0 Å². The van der Waals surface area contributed by atoms with E-state index in [-0.39, 0.29) is 11.1 Å². The minimum Gasteiger partial charge on any atom is -0.411 e. The molecule has 0 radical (unpaired) electrons. The topological polar surface area (TPSA) is 29.5 Å². The average Bonchev–Trinajstić information content (AvgIpc) is 2.63. The summed E-state index contributed by atoms with van der Waals surface area (Å²) < 4.78 is 6.84. The van der Waals surface area contributed by atoms with Crippen molar-refractivity contribution in [3.05, 3.63) is 41.5 Å². The van der Waals surface area contributed by atoms with Crippen molar-refractivity contribution < 1.29 is 9.53 Å². The summed E-state index contributed by atoms with van der Waals surface area (Å²) in [6.45, 7) is 16.6. The maximum absolute atomic E-state index is 11.3. The Labute approximate surface area is 174 Å². The van der Waals surface area contributed by atoms with Gasteiger partial charge in [-0.05, 0) is 61.4 Å². The number of benzene rings is 1. The van der Waals surface area contributed by atoms with Crippen LogP contribution >= 0.6 is 0 Å². The fourth-order valence-corrected chi connectivity index (χ4v) is 9.69. The molecule has 0 spiro atoms. The van der Waals surface area contributed by atoms with E-state index in [0.29, 0.717) is 5.54 Å². The monoisotopic (exact) mass is 416 g/mol. The molecule has 0 bridgehead atoms. The summed E-state index contributed by atoms with van der Waals surface area (Å²) in [6, 6.07) is 11.1. The minimum atomic E-state index is -1.93. The van der Waals surface area contributed by atoms with E-state index in [2.05, 4.69) is 77.3 Å². The van der Waals surface area contributed by atoms with Gasteiger partial charge in [-0.1, -0.05) is 75.0 Å². The molecule has 28 heavy (non-hydrogen) atoms. The molecule has 156 valence electrons. The van der Waals surface area contributed by atoms with Crippen molar-refractivity contribution in [3.63, 3.8) is 0 Å². The van der Waals surface area contributed by atoms with Gasteiger partial charge >= 0.3 is 0 Å². The van der Waals surface area contributed by atoms with Gasteiger partial charge in [-0.15, -0.1) is 0 Å². The second-order valence-electron chi connectivity index (χ2n) is 11.0. The molecule has 1 N–H and O–H groups in total. The Hall–Kier alpha value is -0.686. The lowest BCUT2D eigenvalue weighted by atomic mass is 9.79. The minimum absolute atomic E-state index is 0.0433. The predicted molar refractivity (Wildman–Crippen MR) is 125 cm³/mol. The zero-order chi connectivity index (χ0) is 20.7. The highest BCUT2D eigenvalue weighted by atomic mass is 28.4. The number of aliphatic hydroxyl groups is 1. The Morgan fingerprint density at radius 3 is 2.07 bits per heavy atom. The molecule has 2 aliphatic carbocycles. The highest BCUT2D eigenvalue weighted by molar-refractivity contribution is 6.91. The fourth-order valence-electron chi connectivity index (χ4n) is 4.88. The normalized spacial score (nSPS) is 26.9. The fraction of sp³-hybridized carbons (Fsp3) is 0.667. The van der Waals surface area contributed by atoms with Crippen LogP contribution in [-0.2, 0) is 4.43 Å². The Kier molecular flexibility index (Phi) is 6.18. The Bertz CT molecular complexity index is 716. The quantitative estimate of drug-likeness (QED) is 0.482. The van der Waals surface area contributed by atoms with Crippen LogP contribution in [0.3, 0.4) is 0 Å². The van der Waals surface area contributed by atoms with Crippen molar-refractivity contribution in [3.8, 4) is 0 Å². The van der Waals surface area contributed by atoms with Crippen LogP contribution in [0.4, 0.5) is 0 Å². The number of hydrogen-bond donors (Lipinski definition) is 1. The van der Waals surface area contributed by atoms with Gasteiger partial charge in [0.1, 0.15) is 6.10 Å². The van der Waals surface area contributed by atoms with E-state index < -0.39 is 22.5 Å². The molecule has 0 unspecified atom stereocenters. The highest BCUT2D eigenvalue weighted by Crippen LogP contribution is 2.49. The van der Waals surface area contributed by atoms with Crippen LogP contribution in [0, 0.1) is 0 Å². The molecule has 0 fully saturated rings. The summed E-state index contributed by atoms with van der Waals surface area (Å²) >= 11 is 0. The lowest BCUT2D eigenvalue weighted by molar-refractivity contribution is 0.0331. The van der Waals surface area contributed by atoms with E-state index in [1.165, 1.54) is 30.0 Å². The smallest absolute Gasteiger partial charge is 0.192 e. The first-order chi connectivity index (χ1) is 12.9. The van der Waals surface area contributed by atoms with Gasteiger partial charge in [-0.2, -0.15) is 0 Å². The first kappa shape index (κ1) is 22.0. The molecule has 0 amide bonds. The molecule has 0 aliphatic heterocycles. The maximum atomic E-state index is 11.3. The van der Waals surface area contributed by atoms with Gasteiger partial charge < -0.3 is 9.53 Å². The molecule has 3 atom stereocenters. The summed E-state index contributed by atoms with van der Waals surface area (Å²) in [6.07, 6.45) is 5.26. The Morgan fingerprint density at radius 1 is 0.929 bits per heavy atom. The molecule has 3 rings (SSSR count). The zero-order valence-corrected chi connectivity index (χ0v) is 21.0. The zero-order valence-electron chi connectivity index (χ0n) is 19.0. The molecular weight excluding hydrogens is 376 g/mol. The van der Waals surface area contributed by atoms with Crippen molar-refractivity contribution in [2.45, 2.75) is 102 Å². The molecule has 1 aromatic carbocycles. The van der Waals surface area contributed by atoms with E-state index in [1.54, 1.807) is 5.57 Å². The molecule has 0 heterocycles. The number of aliphatic hydroxyl groups excluding tert-OH is 1. The van der Waals surface area contributed by atoms with E-state index in [4.69, 9.17) is 4.43 Å². The SMILES string of the molecule is CC(C)(C)[Si](C)(C)O[C@H]1C[C@@H]([Si](C)(C)c2ccccc2)C2=C(CCCC2)[C@H]1O. The van der Waals surface area contributed by atoms with E-state index in [0.717, 1.165) is 12.8 Å². The van der Waals surface area contributed by atoms with Crippen LogP contribution in [0.5, 0.6) is 0 Å². The first-order valence-corrected chi connectivity index (χ1v) is 17.1. The maximum Gasteiger partial charge on any atom is 0.192 e. The van der Waals surface area contributed by atoms with Crippen LogP contribution < -0.4 is 5.19 Å². The van der Waals surface area contributed by atoms with Crippen molar-refractivity contribution >= 4 is 21.6 Å². The van der Waals surface area contributed by atoms with Gasteiger partial charge in [0.2, 0.25) is 0 Å². The van der Waals surface area contributed by atoms with Gasteiger partial charge in [0, 0.05) is 0 Å². The largest absolute Gasteiger partial charge is 0.411 e. The number of hydrogen-bond acceptors (Lipinski definition) is 2. The molecule has 1 aromatic rings.